The molecule has 2 aliphatic heterocycles. The maximum Gasteiger partial charge on any atom is 0.0645 e. The van der Waals surface area contributed by atoms with Crippen molar-refractivity contribution < 1.29 is 0 Å². The van der Waals surface area contributed by atoms with Gasteiger partial charge in [-0.3, -0.25) is 4.98 Å². The van der Waals surface area contributed by atoms with Gasteiger partial charge in [0, 0.05) is 22.7 Å². The minimum Gasteiger partial charge on any atom is -0.333 e. The lowest BCUT2D eigenvalue weighted by Gasteiger charge is -2.36. The fourth-order valence-corrected chi connectivity index (χ4v) is 9.92. The number of aromatic nitrogens is 1. The summed E-state index contributed by atoms with van der Waals surface area (Å²) in [5.41, 5.74) is 17.6. The highest BCUT2D eigenvalue weighted by atomic mass is 15.2. The molecule has 264 valence electrons. The molecule has 1 saturated carbocycles. The Hall–Kier alpha value is -6.45. The van der Waals surface area contributed by atoms with Crippen molar-refractivity contribution in [2.45, 2.75) is 37.1 Å². The number of anilines is 5. The Morgan fingerprint density at radius 2 is 1.20 bits per heavy atom. The van der Waals surface area contributed by atoms with E-state index < -0.39 is 0 Å². The average Bonchev–Trinajstić information content (AvgIpc) is 3.73. The van der Waals surface area contributed by atoms with Gasteiger partial charge in [-0.1, -0.05) is 146 Å². The molecule has 0 radical (unpaired) electrons. The van der Waals surface area contributed by atoms with Crippen LogP contribution in [0, 0.1) is 5.92 Å². The molecule has 3 nitrogen and oxygen atoms in total. The first-order chi connectivity index (χ1) is 27.2. The third kappa shape index (κ3) is 5.21. The first kappa shape index (κ1) is 32.0. The van der Waals surface area contributed by atoms with Crippen molar-refractivity contribution in [3.8, 4) is 11.1 Å². The summed E-state index contributed by atoms with van der Waals surface area (Å²) in [6.45, 7) is 0. The van der Waals surface area contributed by atoms with Gasteiger partial charge in [-0.25, -0.2) is 0 Å². The normalized spacial score (nSPS) is 19.4. The number of hydrogen-bond donors (Lipinski definition) is 0. The van der Waals surface area contributed by atoms with Gasteiger partial charge in [0.15, 0.2) is 0 Å². The van der Waals surface area contributed by atoms with Crippen molar-refractivity contribution in [2.75, 3.05) is 9.80 Å². The molecule has 1 aromatic heterocycles. The lowest BCUT2D eigenvalue weighted by atomic mass is 9.76. The van der Waals surface area contributed by atoms with Gasteiger partial charge in [0.2, 0.25) is 0 Å². The second kappa shape index (κ2) is 12.8. The zero-order valence-electron chi connectivity index (χ0n) is 30.7. The van der Waals surface area contributed by atoms with Gasteiger partial charge in [0.25, 0.3) is 0 Å². The van der Waals surface area contributed by atoms with Crippen molar-refractivity contribution in [1.29, 1.82) is 0 Å². The van der Waals surface area contributed by atoms with Gasteiger partial charge in [0.05, 0.1) is 35.0 Å². The van der Waals surface area contributed by atoms with E-state index in [0.717, 1.165) is 22.8 Å². The van der Waals surface area contributed by atoms with Crippen LogP contribution in [0.25, 0.3) is 41.5 Å². The summed E-state index contributed by atoms with van der Waals surface area (Å²) in [6, 6.07) is 45.0. The van der Waals surface area contributed by atoms with E-state index in [9.17, 15) is 0 Å². The molecule has 0 amide bonds. The quantitative estimate of drug-likeness (QED) is 0.182. The summed E-state index contributed by atoms with van der Waals surface area (Å²) in [5, 5.41) is 0. The van der Waals surface area contributed by atoms with Gasteiger partial charge in [-0.2, -0.15) is 0 Å². The highest BCUT2D eigenvalue weighted by Crippen LogP contribution is 2.58. The Kier molecular flexibility index (Phi) is 7.48. The molecule has 0 N–H and O–H groups in total. The SMILES string of the molecule is C1=CC2C=Cc3ccccc3N(c3ccc4c(c3)C3(CCCC3)c3cc(C=Cc5ccc(N6c7ccccc7C=Cc7ccccc76)cn5)ccc3-4)C2C=C1. The number of fused-ring (bicyclic) bond motifs is 9. The first-order valence-electron chi connectivity index (χ1n) is 19.7. The summed E-state index contributed by atoms with van der Waals surface area (Å²) < 4.78 is 0. The van der Waals surface area contributed by atoms with E-state index in [0.29, 0.717) is 5.92 Å². The van der Waals surface area contributed by atoms with Crippen molar-refractivity contribution in [3.05, 3.63) is 197 Å². The number of rotatable bonds is 4. The molecular weight excluding hydrogens is 667 g/mol. The topological polar surface area (TPSA) is 19.4 Å². The second-order valence-electron chi connectivity index (χ2n) is 15.5. The van der Waals surface area contributed by atoms with Crippen LogP contribution in [0.1, 0.15) is 64.8 Å². The van der Waals surface area contributed by atoms with Crippen LogP contribution >= 0.6 is 0 Å². The standard InChI is InChI=1S/C52H41N3/c1-5-15-48-37(11-1)21-22-38-12-2-6-16-49(38)54(48)42-28-30-45-44-29-20-36(33-46(44)52(47(45)34-42)31-9-10-32-52)19-25-41-26-27-43(35-53-41)55-50-17-7-3-13-39(50)23-24-40-14-4-8-18-51(40)55/h1-8,11-30,33-35,37,48H,9-10,31-32H2. The van der Waals surface area contributed by atoms with E-state index in [-0.39, 0.29) is 11.5 Å². The molecule has 3 heteroatoms. The molecular formula is C52H41N3. The third-order valence-corrected chi connectivity index (χ3v) is 12.5. The van der Waals surface area contributed by atoms with E-state index in [1.807, 2.05) is 6.20 Å². The van der Waals surface area contributed by atoms with Gasteiger partial charge in [0.1, 0.15) is 0 Å². The third-order valence-electron chi connectivity index (χ3n) is 12.5. The molecule has 3 aliphatic carbocycles. The van der Waals surface area contributed by atoms with Gasteiger partial charge >= 0.3 is 0 Å². The number of benzene rings is 5. The molecule has 5 aromatic carbocycles. The van der Waals surface area contributed by atoms with E-state index in [1.165, 1.54) is 81.6 Å². The van der Waals surface area contributed by atoms with Crippen LogP contribution in [-0.2, 0) is 5.41 Å². The molecule has 1 spiro atoms. The zero-order valence-corrected chi connectivity index (χ0v) is 30.7. The fourth-order valence-electron chi connectivity index (χ4n) is 9.92. The van der Waals surface area contributed by atoms with Crippen LogP contribution in [0.2, 0.25) is 0 Å². The predicted molar refractivity (Wildman–Crippen MR) is 231 cm³/mol. The number of allylic oxidation sites excluding steroid dienone is 2. The monoisotopic (exact) mass is 707 g/mol. The average molecular weight is 708 g/mol. The molecule has 3 heterocycles. The lowest BCUT2D eigenvalue weighted by Crippen LogP contribution is -2.35. The Morgan fingerprint density at radius 1 is 0.564 bits per heavy atom. The Morgan fingerprint density at radius 3 is 1.93 bits per heavy atom. The van der Waals surface area contributed by atoms with Crippen LogP contribution in [-0.4, -0.2) is 11.0 Å². The molecule has 6 aromatic rings. The van der Waals surface area contributed by atoms with E-state index >= 15 is 0 Å². The Labute approximate surface area is 323 Å². The summed E-state index contributed by atoms with van der Waals surface area (Å²) in [5.74, 6) is 0.323. The molecule has 11 rings (SSSR count). The minimum absolute atomic E-state index is 0.0460. The fraction of sp³-hybridized carbons (Fsp3) is 0.135. The maximum absolute atomic E-state index is 4.96. The van der Waals surface area contributed by atoms with Crippen LogP contribution in [0.3, 0.4) is 0 Å². The number of nitrogens with zero attached hydrogens (tertiary/aromatic N) is 3. The predicted octanol–water partition coefficient (Wildman–Crippen LogP) is 13.3. The summed E-state index contributed by atoms with van der Waals surface area (Å²) in [4.78, 5) is 9.86. The largest absolute Gasteiger partial charge is 0.333 e. The van der Waals surface area contributed by atoms with Crippen LogP contribution in [0.15, 0.2) is 158 Å². The Balaban J connectivity index is 0.919. The number of pyridine rings is 1. The van der Waals surface area contributed by atoms with Gasteiger partial charge in [-0.15, -0.1) is 0 Å². The number of hydrogen-bond acceptors (Lipinski definition) is 3. The lowest BCUT2D eigenvalue weighted by molar-refractivity contribution is 0.549. The molecule has 5 aliphatic rings. The van der Waals surface area contributed by atoms with Crippen molar-refractivity contribution in [1.82, 2.24) is 4.98 Å². The van der Waals surface area contributed by atoms with Crippen LogP contribution in [0.4, 0.5) is 28.4 Å². The molecule has 2 unspecified atom stereocenters. The molecule has 0 bridgehead atoms. The van der Waals surface area contributed by atoms with E-state index in [2.05, 4.69) is 192 Å². The van der Waals surface area contributed by atoms with Crippen LogP contribution < -0.4 is 9.80 Å². The molecule has 1 fully saturated rings. The van der Waals surface area contributed by atoms with E-state index in [1.54, 1.807) is 0 Å². The second-order valence-corrected chi connectivity index (χ2v) is 15.5. The molecule has 0 saturated heterocycles. The smallest absolute Gasteiger partial charge is 0.0645 e. The van der Waals surface area contributed by atoms with Gasteiger partial charge < -0.3 is 9.80 Å². The number of para-hydroxylation sites is 3. The van der Waals surface area contributed by atoms with Crippen LogP contribution in [0.5, 0.6) is 0 Å². The molecule has 2 atom stereocenters. The zero-order chi connectivity index (χ0) is 36.3. The summed E-state index contributed by atoms with van der Waals surface area (Å²) in [6.07, 6.45) is 29.5. The van der Waals surface area contributed by atoms with Crippen molar-refractivity contribution in [3.63, 3.8) is 0 Å². The highest BCUT2D eigenvalue weighted by Gasteiger charge is 2.45. The first-order valence-corrected chi connectivity index (χ1v) is 19.7. The van der Waals surface area contributed by atoms with Crippen molar-refractivity contribution in [2.24, 2.45) is 5.92 Å². The van der Waals surface area contributed by atoms with Crippen molar-refractivity contribution >= 4 is 58.8 Å². The van der Waals surface area contributed by atoms with Gasteiger partial charge in [-0.05, 0) is 106 Å². The maximum atomic E-state index is 4.96. The summed E-state index contributed by atoms with van der Waals surface area (Å²) >= 11 is 0. The summed E-state index contributed by atoms with van der Waals surface area (Å²) in [7, 11) is 0. The highest BCUT2D eigenvalue weighted by molar-refractivity contribution is 5.93. The Bertz CT molecular complexity index is 2580. The minimum atomic E-state index is 0.0460. The molecule has 55 heavy (non-hydrogen) atoms. The van der Waals surface area contributed by atoms with E-state index in [4.69, 9.17) is 4.98 Å².